The molecule has 0 radical (unpaired) electrons. The van der Waals surface area contributed by atoms with Gasteiger partial charge in [-0.15, -0.1) is 0 Å². The quantitative estimate of drug-likeness (QED) is 0.474. The zero-order valence-electron chi connectivity index (χ0n) is 20.8. The van der Waals surface area contributed by atoms with E-state index in [1.54, 1.807) is 0 Å². The molecule has 5 atom stereocenters. The topological polar surface area (TPSA) is 61.4 Å². The van der Waals surface area contributed by atoms with E-state index in [0.717, 1.165) is 37.8 Å². The first-order valence-electron chi connectivity index (χ1n) is 13.4. The number of halogens is 1. The Kier molecular flexibility index (Phi) is 6.41. The number of carbonyl (C=O) groups is 2. The van der Waals surface area contributed by atoms with Crippen molar-refractivity contribution in [2.75, 3.05) is 11.9 Å². The molecule has 3 aliphatic rings. The van der Waals surface area contributed by atoms with Gasteiger partial charge in [-0.3, -0.25) is 9.59 Å². The van der Waals surface area contributed by atoms with Crippen molar-refractivity contribution in [3.8, 4) is 0 Å². The lowest BCUT2D eigenvalue weighted by molar-refractivity contribution is -0.138. The number of likely N-dealkylation sites (tertiary alicyclic amines) is 1. The molecule has 6 heteroatoms. The molecule has 0 unspecified atom stereocenters. The van der Waals surface area contributed by atoms with Gasteiger partial charge in [-0.2, -0.15) is 0 Å². The third-order valence-corrected chi connectivity index (χ3v) is 8.41. The summed E-state index contributed by atoms with van der Waals surface area (Å²) < 4.78 is 13.3. The van der Waals surface area contributed by atoms with Crippen molar-refractivity contribution in [2.24, 2.45) is 11.8 Å². The number of carbonyl (C=O) groups excluding carboxylic acids is 2. The second kappa shape index (κ2) is 10.0. The lowest BCUT2D eigenvalue weighted by Crippen LogP contribution is -2.50. The van der Waals surface area contributed by atoms with Crippen molar-refractivity contribution in [1.29, 1.82) is 0 Å². The predicted molar refractivity (Wildman–Crippen MR) is 141 cm³/mol. The van der Waals surface area contributed by atoms with E-state index in [0.29, 0.717) is 12.1 Å². The Morgan fingerprint density at radius 3 is 2.41 bits per heavy atom. The van der Waals surface area contributed by atoms with Crippen LogP contribution in [0.25, 0.3) is 0 Å². The van der Waals surface area contributed by atoms with E-state index in [4.69, 9.17) is 0 Å². The van der Waals surface area contributed by atoms with Crippen LogP contribution in [0.4, 0.5) is 10.1 Å². The molecule has 0 aromatic heterocycles. The second-order valence-electron chi connectivity index (χ2n) is 10.5. The van der Waals surface area contributed by atoms with E-state index in [-0.39, 0.29) is 47.6 Å². The standard InChI is InChI=1S/C31H32FN3O2/c32-22-16-14-21(15-17-22)30(36)34-27-13-7-5-11-24(27)31(37)35-19-18-25-28(20-8-2-1-3-9-20)33-26-12-6-4-10-23(26)29(25)35/h1-4,6,8-10,12,14-17,24-25,27-29,33H,5,7,11,13,18-19H2,(H,34,36)/t24-,25+,27+,28-,29-/m0/s1. The van der Waals surface area contributed by atoms with E-state index < -0.39 is 0 Å². The minimum absolute atomic E-state index is 0.00512. The fourth-order valence-corrected chi connectivity index (χ4v) is 6.63. The van der Waals surface area contributed by atoms with Gasteiger partial charge in [0, 0.05) is 29.8 Å². The van der Waals surface area contributed by atoms with E-state index in [1.807, 2.05) is 18.2 Å². The van der Waals surface area contributed by atoms with Crippen molar-refractivity contribution in [2.45, 2.75) is 50.2 Å². The summed E-state index contributed by atoms with van der Waals surface area (Å²) in [5.41, 5.74) is 3.91. The normalized spacial score (nSPS) is 26.5. The van der Waals surface area contributed by atoms with Gasteiger partial charge < -0.3 is 15.5 Å². The molecule has 190 valence electrons. The molecule has 37 heavy (non-hydrogen) atoms. The van der Waals surface area contributed by atoms with Gasteiger partial charge >= 0.3 is 0 Å². The summed E-state index contributed by atoms with van der Waals surface area (Å²) in [4.78, 5) is 29.2. The molecule has 5 nitrogen and oxygen atoms in total. The minimum atomic E-state index is -0.373. The maximum Gasteiger partial charge on any atom is 0.251 e. The summed E-state index contributed by atoms with van der Waals surface area (Å²) in [5.74, 6) is -0.464. The van der Waals surface area contributed by atoms with Gasteiger partial charge in [0.2, 0.25) is 5.91 Å². The number of benzene rings is 3. The van der Waals surface area contributed by atoms with Crippen LogP contribution in [0.15, 0.2) is 78.9 Å². The fraction of sp³-hybridized carbons (Fsp3) is 0.355. The number of nitrogens with one attached hydrogen (secondary N) is 2. The van der Waals surface area contributed by atoms with Gasteiger partial charge in [0.1, 0.15) is 5.82 Å². The lowest BCUT2D eigenvalue weighted by atomic mass is 9.79. The highest BCUT2D eigenvalue weighted by Crippen LogP contribution is 2.51. The van der Waals surface area contributed by atoms with E-state index >= 15 is 0 Å². The van der Waals surface area contributed by atoms with Crippen LogP contribution in [0.2, 0.25) is 0 Å². The molecule has 3 aromatic rings. The van der Waals surface area contributed by atoms with E-state index in [9.17, 15) is 14.0 Å². The molecular weight excluding hydrogens is 465 g/mol. The SMILES string of the molecule is O=C(N[C@@H]1CCCC[C@@H]1C(=O)N1CC[C@@H]2[C@H](c3ccccc3)Nc3ccccc3[C@@H]21)c1ccc(F)cc1. The molecular formula is C31H32FN3O2. The van der Waals surface area contributed by atoms with Crippen LogP contribution >= 0.6 is 0 Å². The number of amides is 2. The largest absolute Gasteiger partial charge is 0.378 e. The molecule has 2 heterocycles. The third kappa shape index (κ3) is 4.50. The van der Waals surface area contributed by atoms with Gasteiger partial charge in [0.25, 0.3) is 5.91 Å². The van der Waals surface area contributed by atoms with Crippen LogP contribution in [0.5, 0.6) is 0 Å². The molecule has 0 bridgehead atoms. The minimum Gasteiger partial charge on any atom is -0.378 e. The van der Waals surface area contributed by atoms with Gasteiger partial charge in [-0.25, -0.2) is 4.39 Å². The second-order valence-corrected chi connectivity index (χ2v) is 10.5. The Morgan fingerprint density at radius 2 is 1.59 bits per heavy atom. The molecule has 2 aliphatic heterocycles. The number of hydrogen-bond donors (Lipinski definition) is 2. The monoisotopic (exact) mass is 497 g/mol. The molecule has 2 N–H and O–H groups in total. The van der Waals surface area contributed by atoms with Crippen molar-refractivity contribution < 1.29 is 14.0 Å². The van der Waals surface area contributed by atoms with Crippen LogP contribution in [-0.2, 0) is 4.79 Å². The summed E-state index contributed by atoms with van der Waals surface area (Å²) in [6.45, 7) is 0.711. The molecule has 1 saturated heterocycles. The highest BCUT2D eigenvalue weighted by atomic mass is 19.1. The van der Waals surface area contributed by atoms with Crippen LogP contribution in [0.3, 0.4) is 0 Å². The third-order valence-electron chi connectivity index (χ3n) is 8.41. The average Bonchev–Trinajstić information content (AvgIpc) is 3.39. The summed E-state index contributed by atoms with van der Waals surface area (Å²) in [7, 11) is 0. The van der Waals surface area contributed by atoms with Crippen LogP contribution in [-0.4, -0.2) is 29.3 Å². The first-order chi connectivity index (χ1) is 18.1. The Balaban J connectivity index is 1.27. The van der Waals surface area contributed by atoms with Crippen molar-refractivity contribution >= 4 is 17.5 Å². The highest BCUT2D eigenvalue weighted by molar-refractivity contribution is 5.95. The Hall–Kier alpha value is -3.67. The Labute approximate surface area is 217 Å². The highest BCUT2D eigenvalue weighted by Gasteiger charge is 2.48. The first-order valence-corrected chi connectivity index (χ1v) is 13.4. The average molecular weight is 498 g/mol. The lowest BCUT2D eigenvalue weighted by Gasteiger charge is -2.42. The maximum absolute atomic E-state index is 14.2. The van der Waals surface area contributed by atoms with Crippen LogP contribution in [0.1, 0.15) is 65.7 Å². The van der Waals surface area contributed by atoms with Gasteiger partial charge in [0.05, 0.1) is 18.0 Å². The summed E-state index contributed by atoms with van der Waals surface area (Å²) in [6.07, 6.45) is 4.43. The van der Waals surface area contributed by atoms with E-state index in [2.05, 4.69) is 51.9 Å². The molecule has 2 fully saturated rings. The van der Waals surface area contributed by atoms with Gasteiger partial charge in [-0.1, -0.05) is 61.4 Å². The number of hydrogen-bond acceptors (Lipinski definition) is 3. The molecule has 1 aliphatic carbocycles. The zero-order valence-corrected chi connectivity index (χ0v) is 20.8. The zero-order chi connectivity index (χ0) is 25.4. The number of anilines is 1. The first kappa shape index (κ1) is 23.7. The summed E-state index contributed by atoms with van der Waals surface area (Å²) in [5, 5.41) is 6.87. The summed E-state index contributed by atoms with van der Waals surface area (Å²) in [6, 6.07) is 24.3. The van der Waals surface area contributed by atoms with E-state index in [1.165, 1.54) is 35.4 Å². The molecule has 6 rings (SSSR count). The molecule has 3 aromatic carbocycles. The number of fused-ring (bicyclic) bond motifs is 3. The van der Waals surface area contributed by atoms with Crippen molar-refractivity contribution in [1.82, 2.24) is 10.2 Å². The van der Waals surface area contributed by atoms with Crippen LogP contribution < -0.4 is 10.6 Å². The Bertz CT molecular complexity index is 1280. The van der Waals surface area contributed by atoms with Gasteiger partial charge in [0.15, 0.2) is 0 Å². The number of para-hydroxylation sites is 1. The predicted octanol–water partition coefficient (Wildman–Crippen LogP) is 5.87. The fourth-order valence-electron chi connectivity index (χ4n) is 6.63. The molecule has 1 saturated carbocycles. The molecule has 2 amide bonds. The van der Waals surface area contributed by atoms with Crippen molar-refractivity contribution in [3.05, 3.63) is 101 Å². The maximum atomic E-state index is 14.2. The number of nitrogens with zero attached hydrogens (tertiary/aromatic N) is 1. The smallest absolute Gasteiger partial charge is 0.251 e. The van der Waals surface area contributed by atoms with Gasteiger partial charge in [-0.05, 0) is 60.7 Å². The summed E-state index contributed by atoms with van der Waals surface area (Å²) >= 11 is 0. The van der Waals surface area contributed by atoms with Crippen molar-refractivity contribution in [3.63, 3.8) is 0 Å². The Morgan fingerprint density at radius 1 is 0.865 bits per heavy atom. The molecule has 0 spiro atoms. The van der Waals surface area contributed by atoms with Crippen LogP contribution in [0, 0.1) is 17.7 Å². The number of rotatable bonds is 4.